The van der Waals surface area contributed by atoms with Gasteiger partial charge in [-0.2, -0.15) is 0 Å². The van der Waals surface area contributed by atoms with E-state index in [9.17, 15) is 13.6 Å². The summed E-state index contributed by atoms with van der Waals surface area (Å²) in [6.07, 6.45) is 4.66. The van der Waals surface area contributed by atoms with Crippen molar-refractivity contribution in [3.05, 3.63) is 59.7 Å². The van der Waals surface area contributed by atoms with Crippen LogP contribution in [0, 0.1) is 17.6 Å². The molecule has 29 heavy (non-hydrogen) atoms. The minimum atomic E-state index is -0.959. The van der Waals surface area contributed by atoms with E-state index in [4.69, 9.17) is 4.74 Å². The van der Waals surface area contributed by atoms with E-state index in [2.05, 4.69) is 5.32 Å². The Labute approximate surface area is 175 Å². The fourth-order valence-electron chi connectivity index (χ4n) is 3.47. The second kappa shape index (κ2) is 9.55. The molecule has 0 atom stereocenters. The lowest BCUT2D eigenvalue weighted by molar-refractivity contribution is 0.0705. The van der Waals surface area contributed by atoms with Crippen LogP contribution < -0.4 is 10.1 Å². The standard InChI is InChI=1S/C22H24F2N2O2.ClH/c23-20-8-7-19(13-21(20)24)28-18-5-3-16(4-6-18)22(27)26-11-9-17(10-12-26)25-14-15-1-2-15;/h3-8,13,15,17,25H,1-2,9-12,14H2;1H. The zero-order chi connectivity index (χ0) is 19.5. The number of benzene rings is 2. The van der Waals surface area contributed by atoms with Crippen molar-refractivity contribution in [2.75, 3.05) is 19.6 Å². The van der Waals surface area contributed by atoms with Crippen molar-refractivity contribution in [2.24, 2.45) is 5.92 Å². The van der Waals surface area contributed by atoms with E-state index in [1.165, 1.54) is 18.9 Å². The maximum atomic E-state index is 13.3. The van der Waals surface area contributed by atoms with Crippen molar-refractivity contribution in [3.8, 4) is 11.5 Å². The molecule has 0 radical (unpaired) electrons. The molecule has 2 aromatic rings. The van der Waals surface area contributed by atoms with Gasteiger partial charge in [0.15, 0.2) is 11.6 Å². The number of carbonyl (C=O) groups is 1. The van der Waals surface area contributed by atoms with Crippen molar-refractivity contribution in [1.82, 2.24) is 10.2 Å². The first-order chi connectivity index (χ1) is 13.6. The van der Waals surface area contributed by atoms with Crippen LogP contribution in [0.1, 0.15) is 36.0 Å². The van der Waals surface area contributed by atoms with E-state index in [1.54, 1.807) is 24.3 Å². The van der Waals surface area contributed by atoms with Gasteiger partial charge in [-0.15, -0.1) is 12.4 Å². The summed E-state index contributed by atoms with van der Waals surface area (Å²) in [7, 11) is 0. The summed E-state index contributed by atoms with van der Waals surface area (Å²) in [5.74, 6) is -0.324. The maximum Gasteiger partial charge on any atom is 0.253 e. The van der Waals surface area contributed by atoms with Crippen molar-refractivity contribution < 1.29 is 18.3 Å². The first-order valence-electron chi connectivity index (χ1n) is 9.84. The smallest absolute Gasteiger partial charge is 0.253 e. The van der Waals surface area contributed by atoms with E-state index in [0.717, 1.165) is 50.5 Å². The molecule has 156 valence electrons. The molecule has 1 heterocycles. The van der Waals surface area contributed by atoms with E-state index >= 15 is 0 Å². The van der Waals surface area contributed by atoms with Gasteiger partial charge in [-0.1, -0.05) is 0 Å². The van der Waals surface area contributed by atoms with Gasteiger partial charge in [-0.05, 0) is 74.5 Å². The topological polar surface area (TPSA) is 41.6 Å². The van der Waals surface area contributed by atoms with Gasteiger partial charge in [0.25, 0.3) is 5.91 Å². The molecule has 2 fully saturated rings. The largest absolute Gasteiger partial charge is 0.457 e. The summed E-state index contributed by atoms with van der Waals surface area (Å²) in [5, 5.41) is 3.62. The minimum absolute atomic E-state index is 0. The number of nitrogens with zero attached hydrogens (tertiary/aromatic N) is 1. The molecule has 0 bridgehead atoms. The van der Waals surface area contributed by atoms with Crippen LogP contribution in [0.5, 0.6) is 11.5 Å². The number of hydrogen-bond donors (Lipinski definition) is 1. The molecule has 4 nitrogen and oxygen atoms in total. The molecule has 1 saturated carbocycles. The Bertz CT molecular complexity index is 835. The highest BCUT2D eigenvalue weighted by Gasteiger charge is 2.26. The Morgan fingerprint density at radius 2 is 1.62 bits per heavy atom. The number of likely N-dealkylation sites (tertiary alicyclic amines) is 1. The Hall–Kier alpha value is -2.18. The second-order valence-electron chi connectivity index (χ2n) is 7.62. The van der Waals surface area contributed by atoms with E-state index in [1.807, 2.05) is 4.90 Å². The van der Waals surface area contributed by atoms with Crippen LogP contribution in [0.2, 0.25) is 0 Å². The molecule has 0 aromatic heterocycles. The Morgan fingerprint density at radius 1 is 0.966 bits per heavy atom. The first-order valence-corrected chi connectivity index (χ1v) is 9.84. The number of carbonyl (C=O) groups excluding carboxylic acids is 1. The van der Waals surface area contributed by atoms with Gasteiger partial charge < -0.3 is 15.0 Å². The van der Waals surface area contributed by atoms with E-state index < -0.39 is 11.6 Å². The van der Waals surface area contributed by atoms with E-state index in [-0.39, 0.29) is 24.1 Å². The third-order valence-electron chi connectivity index (χ3n) is 5.40. The van der Waals surface area contributed by atoms with Gasteiger partial charge in [0, 0.05) is 30.8 Å². The highest BCUT2D eigenvalue weighted by molar-refractivity contribution is 5.94. The van der Waals surface area contributed by atoms with Crippen LogP contribution in [0.25, 0.3) is 0 Å². The number of nitrogens with one attached hydrogen (secondary N) is 1. The number of piperidine rings is 1. The Morgan fingerprint density at radius 3 is 2.24 bits per heavy atom. The lowest BCUT2D eigenvalue weighted by atomic mass is 10.0. The minimum Gasteiger partial charge on any atom is -0.457 e. The SMILES string of the molecule is Cl.O=C(c1ccc(Oc2ccc(F)c(F)c2)cc1)N1CCC(NCC2CC2)CC1. The zero-order valence-electron chi connectivity index (χ0n) is 16.1. The van der Waals surface area contributed by atoms with Gasteiger partial charge in [0.1, 0.15) is 11.5 Å². The summed E-state index contributed by atoms with van der Waals surface area (Å²) >= 11 is 0. The fourth-order valence-corrected chi connectivity index (χ4v) is 3.47. The zero-order valence-corrected chi connectivity index (χ0v) is 16.9. The van der Waals surface area contributed by atoms with Gasteiger partial charge in [0.2, 0.25) is 0 Å². The molecular formula is C22H25ClF2N2O2. The highest BCUT2D eigenvalue weighted by atomic mass is 35.5. The van der Waals surface area contributed by atoms with Crippen LogP contribution in [-0.2, 0) is 0 Å². The van der Waals surface area contributed by atoms with Crippen molar-refractivity contribution in [1.29, 1.82) is 0 Å². The van der Waals surface area contributed by atoms with Crippen LogP contribution in [0.3, 0.4) is 0 Å². The van der Waals surface area contributed by atoms with Crippen molar-refractivity contribution in [3.63, 3.8) is 0 Å². The fraction of sp³-hybridized carbons (Fsp3) is 0.409. The lowest BCUT2D eigenvalue weighted by Gasteiger charge is -2.32. The van der Waals surface area contributed by atoms with Crippen LogP contribution >= 0.6 is 12.4 Å². The second-order valence-corrected chi connectivity index (χ2v) is 7.62. The predicted molar refractivity (Wildman–Crippen MR) is 110 cm³/mol. The van der Waals surface area contributed by atoms with Crippen LogP contribution in [0.15, 0.2) is 42.5 Å². The third-order valence-corrected chi connectivity index (χ3v) is 5.40. The van der Waals surface area contributed by atoms with Crippen LogP contribution in [0.4, 0.5) is 8.78 Å². The molecule has 7 heteroatoms. The van der Waals surface area contributed by atoms with Gasteiger partial charge in [-0.3, -0.25) is 4.79 Å². The summed E-state index contributed by atoms with van der Waals surface area (Å²) in [6, 6.07) is 10.6. The molecule has 2 aliphatic rings. The molecular weight excluding hydrogens is 398 g/mol. The summed E-state index contributed by atoms with van der Waals surface area (Å²) in [6.45, 7) is 2.63. The molecule has 4 rings (SSSR count). The Balaban J connectivity index is 0.00000240. The summed E-state index contributed by atoms with van der Waals surface area (Å²) in [4.78, 5) is 14.6. The Kier molecular flexibility index (Phi) is 7.09. The van der Waals surface area contributed by atoms with Gasteiger partial charge in [0.05, 0.1) is 0 Å². The molecule has 2 aromatic carbocycles. The number of halogens is 3. The maximum absolute atomic E-state index is 13.3. The van der Waals surface area contributed by atoms with Crippen molar-refractivity contribution >= 4 is 18.3 Å². The molecule has 1 saturated heterocycles. The van der Waals surface area contributed by atoms with Crippen LogP contribution in [-0.4, -0.2) is 36.5 Å². The normalized spacial score (nSPS) is 17.0. The molecule has 0 unspecified atom stereocenters. The van der Waals surface area contributed by atoms with Gasteiger partial charge >= 0.3 is 0 Å². The first kappa shape index (κ1) is 21.5. The third kappa shape index (κ3) is 5.67. The number of rotatable bonds is 6. The van der Waals surface area contributed by atoms with E-state index in [0.29, 0.717) is 17.4 Å². The molecule has 1 amide bonds. The monoisotopic (exact) mass is 422 g/mol. The quantitative estimate of drug-likeness (QED) is 0.728. The predicted octanol–water partition coefficient (Wildman–Crippen LogP) is 4.78. The summed E-state index contributed by atoms with van der Waals surface area (Å²) in [5.41, 5.74) is 0.599. The van der Waals surface area contributed by atoms with Gasteiger partial charge in [-0.25, -0.2) is 8.78 Å². The average molecular weight is 423 g/mol. The van der Waals surface area contributed by atoms with Crippen molar-refractivity contribution in [2.45, 2.75) is 31.7 Å². The number of amides is 1. The number of ether oxygens (including phenoxy) is 1. The molecule has 1 aliphatic carbocycles. The average Bonchev–Trinajstić information content (AvgIpc) is 3.54. The summed E-state index contributed by atoms with van der Waals surface area (Å²) < 4.78 is 31.8. The molecule has 1 aliphatic heterocycles. The molecule has 1 N–H and O–H groups in total. The number of hydrogen-bond acceptors (Lipinski definition) is 3. The highest BCUT2D eigenvalue weighted by Crippen LogP contribution is 2.28. The lowest BCUT2D eigenvalue weighted by Crippen LogP contribution is -2.45. The molecule has 0 spiro atoms.